The van der Waals surface area contributed by atoms with Crippen LogP contribution in [-0.2, 0) is 17.9 Å². The Bertz CT molecular complexity index is 876. The summed E-state index contributed by atoms with van der Waals surface area (Å²) in [6.07, 6.45) is 8.59. The number of nitrogens with zero attached hydrogens (tertiary/aromatic N) is 3. The van der Waals surface area contributed by atoms with Crippen LogP contribution in [0.15, 0.2) is 79.3 Å². The number of pyridine rings is 2. The predicted octanol–water partition coefficient (Wildman–Crippen LogP) is 4.03. The van der Waals surface area contributed by atoms with Crippen LogP contribution in [0, 0.1) is 6.92 Å². The van der Waals surface area contributed by atoms with E-state index in [9.17, 15) is 4.79 Å². The number of rotatable bonds is 6. The lowest BCUT2D eigenvalue weighted by atomic mass is 10.1. The molecular formula is C22H21N3O. The number of carbonyl (C=O) groups is 1. The first kappa shape index (κ1) is 17.5. The van der Waals surface area contributed by atoms with E-state index >= 15 is 0 Å². The summed E-state index contributed by atoms with van der Waals surface area (Å²) in [4.78, 5) is 23.0. The van der Waals surface area contributed by atoms with Crippen LogP contribution < -0.4 is 0 Å². The molecule has 0 aliphatic heterocycles. The van der Waals surface area contributed by atoms with Crippen molar-refractivity contribution in [2.75, 3.05) is 0 Å². The third-order valence-electron chi connectivity index (χ3n) is 4.14. The first-order valence-corrected chi connectivity index (χ1v) is 8.54. The second-order valence-corrected chi connectivity index (χ2v) is 6.06. The highest BCUT2D eigenvalue weighted by atomic mass is 16.2. The van der Waals surface area contributed by atoms with Gasteiger partial charge in [-0.25, -0.2) is 0 Å². The summed E-state index contributed by atoms with van der Waals surface area (Å²) in [6, 6.07) is 17.6. The first-order valence-electron chi connectivity index (χ1n) is 8.54. The van der Waals surface area contributed by atoms with E-state index in [1.165, 1.54) is 5.56 Å². The van der Waals surface area contributed by atoms with E-state index in [4.69, 9.17) is 0 Å². The van der Waals surface area contributed by atoms with E-state index in [0.29, 0.717) is 13.1 Å². The molecule has 1 aromatic carbocycles. The molecule has 2 aromatic heterocycles. The van der Waals surface area contributed by atoms with E-state index in [1.807, 2.05) is 53.4 Å². The van der Waals surface area contributed by atoms with Gasteiger partial charge >= 0.3 is 0 Å². The molecule has 3 rings (SSSR count). The molecule has 2 heterocycles. The highest BCUT2D eigenvalue weighted by Crippen LogP contribution is 2.14. The van der Waals surface area contributed by atoms with Crippen molar-refractivity contribution in [3.05, 3.63) is 102 Å². The van der Waals surface area contributed by atoms with Crippen molar-refractivity contribution >= 4 is 12.0 Å². The Balaban J connectivity index is 1.81. The van der Waals surface area contributed by atoms with Crippen molar-refractivity contribution < 1.29 is 4.79 Å². The molecule has 0 N–H and O–H groups in total. The van der Waals surface area contributed by atoms with E-state index in [2.05, 4.69) is 29.0 Å². The minimum absolute atomic E-state index is 0.0456. The van der Waals surface area contributed by atoms with Gasteiger partial charge in [0.15, 0.2) is 0 Å². The molecular weight excluding hydrogens is 322 g/mol. The highest BCUT2D eigenvalue weighted by molar-refractivity contribution is 5.91. The Labute approximate surface area is 153 Å². The fraction of sp³-hybridized carbons (Fsp3) is 0.136. The number of hydrogen-bond acceptors (Lipinski definition) is 3. The number of amides is 1. The molecule has 26 heavy (non-hydrogen) atoms. The van der Waals surface area contributed by atoms with Gasteiger partial charge in [-0.2, -0.15) is 0 Å². The van der Waals surface area contributed by atoms with E-state index in [0.717, 1.165) is 16.8 Å². The summed E-state index contributed by atoms with van der Waals surface area (Å²) in [7, 11) is 0. The van der Waals surface area contributed by atoms with Gasteiger partial charge < -0.3 is 4.90 Å². The molecule has 0 fully saturated rings. The van der Waals surface area contributed by atoms with Crippen LogP contribution in [0.25, 0.3) is 6.08 Å². The zero-order chi connectivity index (χ0) is 18.2. The fourth-order valence-electron chi connectivity index (χ4n) is 2.64. The summed E-state index contributed by atoms with van der Waals surface area (Å²) in [6.45, 7) is 3.07. The lowest BCUT2D eigenvalue weighted by Crippen LogP contribution is -2.29. The molecule has 0 saturated heterocycles. The standard InChI is InChI=1S/C22H21N3O/c1-18-6-2-3-7-20(18)16-25(17-21-8-4-5-13-24-21)22(26)10-9-19-11-14-23-15-12-19/h2-15H,16-17H2,1H3/b10-9-. The second kappa shape index (κ2) is 8.72. The van der Waals surface area contributed by atoms with Gasteiger partial charge in [-0.15, -0.1) is 0 Å². The van der Waals surface area contributed by atoms with Gasteiger partial charge in [0.1, 0.15) is 0 Å². The van der Waals surface area contributed by atoms with Crippen LogP contribution in [0.3, 0.4) is 0 Å². The van der Waals surface area contributed by atoms with Crippen LogP contribution in [0.1, 0.15) is 22.4 Å². The highest BCUT2D eigenvalue weighted by Gasteiger charge is 2.14. The Hall–Kier alpha value is -3.27. The Morgan fingerprint density at radius 1 is 0.962 bits per heavy atom. The fourth-order valence-corrected chi connectivity index (χ4v) is 2.64. The van der Waals surface area contributed by atoms with Crippen molar-refractivity contribution in [1.29, 1.82) is 0 Å². The van der Waals surface area contributed by atoms with Crippen LogP contribution in [-0.4, -0.2) is 20.8 Å². The molecule has 0 aliphatic carbocycles. The number of benzene rings is 1. The summed E-state index contributed by atoms with van der Waals surface area (Å²) in [5.41, 5.74) is 4.12. The molecule has 0 aliphatic rings. The average molecular weight is 343 g/mol. The maximum Gasteiger partial charge on any atom is 0.247 e. The second-order valence-electron chi connectivity index (χ2n) is 6.06. The molecule has 0 bridgehead atoms. The molecule has 1 amide bonds. The molecule has 4 nitrogen and oxygen atoms in total. The van der Waals surface area contributed by atoms with Gasteiger partial charge in [-0.3, -0.25) is 14.8 Å². The van der Waals surface area contributed by atoms with Crippen molar-refractivity contribution in [3.63, 3.8) is 0 Å². The normalized spacial score (nSPS) is 10.8. The third-order valence-corrected chi connectivity index (χ3v) is 4.14. The topological polar surface area (TPSA) is 46.1 Å². The van der Waals surface area contributed by atoms with Gasteiger partial charge in [0.25, 0.3) is 0 Å². The number of aromatic nitrogens is 2. The monoisotopic (exact) mass is 343 g/mol. The Kier molecular flexibility index (Phi) is 5.88. The van der Waals surface area contributed by atoms with Gasteiger partial charge in [0, 0.05) is 31.2 Å². The maximum absolute atomic E-state index is 12.8. The van der Waals surface area contributed by atoms with Gasteiger partial charge in [0.2, 0.25) is 5.91 Å². The summed E-state index contributed by atoms with van der Waals surface area (Å²) in [5.74, 6) is -0.0456. The van der Waals surface area contributed by atoms with Crippen LogP contribution in [0.2, 0.25) is 0 Å². The smallest absolute Gasteiger partial charge is 0.247 e. The number of aryl methyl sites for hydroxylation is 1. The Morgan fingerprint density at radius 3 is 2.46 bits per heavy atom. The van der Waals surface area contributed by atoms with Gasteiger partial charge in [-0.05, 0) is 54.0 Å². The minimum Gasteiger partial charge on any atom is -0.329 e. The molecule has 3 aromatic rings. The van der Waals surface area contributed by atoms with Crippen LogP contribution in [0.4, 0.5) is 0 Å². The minimum atomic E-state index is -0.0456. The van der Waals surface area contributed by atoms with Crippen molar-refractivity contribution in [2.24, 2.45) is 0 Å². The predicted molar refractivity (Wildman–Crippen MR) is 103 cm³/mol. The van der Waals surface area contributed by atoms with E-state index in [1.54, 1.807) is 24.7 Å². The first-order chi connectivity index (χ1) is 12.7. The van der Waals surface area contributed by atoms with Crippen LogP contribution >= 0.6 is 0 Å². The molecule has 0 saturated carbocycles. The largest absolute Gasteiger partial charge is 0.329 e. The summed E-state index contributed by atoms with van der Waals surface area (Å²) in [5, 5.41) is 0. The van der Waals surface area contributed by atoms with Crippen LogP contribution in [0.5, 0.6) is 0 Å². The van der Waals surface area contributed by atoms with Crippen molar-refractivity contribution in [3.8, 4) is 0 Å². The average Bonchev–Trinajstić information content (AvgIpc) is 2.69. The van der Waals surface area contributed by atoms with Gasteiger partial charge in [0.05, 0.1) is 12.2 Å². The quantitative estimate of drug-likeness (QED) is 0.635. The molecule has 0 radical (unpaired) electrons. The summed E-state index contributed by atoms with van der Waals surface area (Å²) < 4.78 is 0. The van der Waals surface area contributed by atoms with Crippen molar-refractivity contribution in [1.82, 2.24) is 14.9 Å². The lowest BCUT2D eigenvalue weighted by molar-refractivity contribution is -0.127. The lowest BCUT2D eigenvalue weighted by Gasteiger charge is -2.22. The van der Waals surface area contributed by atoms with E-state index in [-0.39, 0.29) is 5.91 Å². The van der Waals surface area contributed by atoms with Gasteiger partial charge in [-0.1, -0.05) is 30.3 Å². The molecule has 0 spiro atoms. The molecule has 0 atom stereocenters. The molecule has 0 unspecified atom stereocenters. The SMILES string of the molecule is Cc1ccccc1CN(Cc1ccccn1)C(=O)/C=C\c1ccncc1. The summed E-state index contributed by atoms with van der Waals surface area (Å²) >= 11 is 0. The Morgan fingerprint density at radius 2 is 1.73 bits per heavy atom. The maximum atomic E-state index is 12.8. The zero-order valence-corrected chi connectivity index (χ0v) is 14.7. The molecule has 130 valence electrons. The number of hydrogen-bond donors (Lipinski definition) is 0. The van der Waals surface area contributed by atoms with E-state index < -0.39 is 0 Å². The molecule has 4 heteroatoms. The third kappa shape index (κ3) is 4.86. The number of carbonyl (C=O) groups excluding carboxylic acids is 1. The zero-order valence-electron chi connectivity index (χ0n) is 14.7. The van der Waals surface area contributed by atoms with Crippen molar-refractivity contribution in [2.45, 2.75) is 20.0 Å².